The molecule has 0 amide bonds. The molecule has 1 atom stereocenters. The maximum Gasteiger partial charge on any atom is 0.214 e. The van der Waals surface area contributed by atoms with Crippen molar-refractivity contribution in [1.82, 2.24) is 19.5 Å². The van der Waals surface area contributed by atoms with Crippen LogP contribution in [0.15, 0.2) is 30.5 Å². The monoisotopic (exact) mass is 365 g/mol. The zero-order chi connectivity index (χ0) is 17.3. The second kappa shape index (κ2) is 6.68. The molecule has 1 aromatic carbocycles. The van der Waals surface area contributed by atoms with E-state index in [2.05, 4.69) is 15.4 Å². The van der Waals surface area contributed by atoms with Crippen molar-refractivity contribution in [3.63, 3.8) is 0 Å². The molecule has 6 nitrogen and oxygen atoms in total. The lowest BCUT2D eigenvalue weighted by atomic mass is 10.1. The summed E-state index contributed by atoms with van der Waals surface area (Å²) in [6.45, 7) is 2.80. The molecule has 0 saturated heterocycles. The lowest BCUT2D eigenvalue weighted by Crippen LogP contribution is -2.43. The first-order valence-electron chi connectivity index (χ1n) is 7.55. The maximum atomic E-state index is 10.3. The van der Waals surface area contributed by atoms with Gasteiger partial charge in [-0.1, -0.05) is 35.1 Å². The molecule has 0 aliphatic rings. The van der Waals surface area contributed by atoms with Gasteiger partial charge in [-0.25, -0.2) is 9.50 Å². The second-order valence-corrected chi connectivity index (χ2v) is 7.75. The third kappa shape index (κ3) is 4.05. The Hall–Kier alpha value is -1.67. The Morgan fingerprint density at radius 2 is 2.04 bits per heavy atom. The molecule has 0 radical (unpaired) electrons. The van der Waals surface area contributed by atoms with E-state index in [9.17, 15) is 5.11 Å². The van der Waals surface area contributed by atoms with Crippen LogP contribution in [-0.2, 0) is 0 Å². The van der Waals surface area contributed by atoms with E-state index < -0.39 is 5.60 Å². The molecule has 0 saturated carbocycles. The highest BCUT2D eigenvalue weighted by Crippen LogP contribution is 2.25. The fourth-order valence-electron chi connectivity index (χ4n) is 2.53. The van der Waals surface area contributed by atoms with Gasteiger partial charge in [0.15, 0.2) is 0 Å². The van der Waals surface area contributed by atoms with Crippen LogP contribution >= 0.6 is 22.9 Å². The van der Waals surface area contributed by atoms with E-state index in [4.69, 9.17) is 11.6 Å². The summed E-state index contributed by atoms with van der Waals surface area (Å²) in [7, 11) is 3.87. The van der Waals surface area contributed by atoms with Gasteiger partial charge in [-0.05, 0) is 33.2 Å². The summed E-state index contributed by atoms with van der Waals surface area (Å²) < 4.78 is 1.75. The van der Waals surface area contributed by atoms with Crippen molar-refractivity contribution < 1.29 is 5.11 Å². The van der Waals surface area contributed by atoms with E-state index in [1.807, 2.05) is 49.5 Å². The number of halogens is 1. The van der Waals surface area contributed by atoms with E-state index >= 15 is 0 Å². The first-order chi connectivity index (χ1) is 11.3. The van der Waals surface area contributed by atoms with Gasteiger partial charge in [-0.3, -0.25) is 0 Å². The van der Waals surface area contributed by atoms with E-state index in [1.165, 1.54) is 11.3 Å². The predicted octanol–water partition coefficient (Wildman–Crippen LogP) is 2.84. The van der Waals surface area contributed by atoms with Crippen molar-refractivity contribution in [3.8, 4) is 11.3 Å². The lowest BCUT2D eigenvalue weighted by molar-refractivity contribution is 0.0459. The summed E-state index contributed by atoms with van der Waals surface area (Å²) >= 11 is 7.37. The number of imidazole rings is 1. The zero-order valence-corrected chi connectivity index (χ0v) is 15.4. The molecule has 1 unspecified atom stereocenters. The van der Waals surface area contributed by atoms with Gasteiger partial charge in [0.25, 0.3) is 0 Å². The first-order valence-corrected chi connectivity index (χ1v) is 8.75. The Labute approximate surface area is 149 Å². The molecule has 128 valence electrons. The molecule has 2 N–H and O–H groups in total. The number of hydrogen-bond donors (Lipinski definition) is 2. The van der Waals surface area contributed by atoms with Crippen molar-refractivity contribution in [2.45, 2.75) is 12.5 Å². The largest absolute Gasteiger partial charge is 0.387 e. The third-order valence-electron chi connectivity index (χ3n) is 3.46. The van der Waals surface area contributed by atoms with Crippen LogP contribution in [0.3, 0.4) is 0 Å². The average molecular weight is 366 g/mol. The van der Waals surface area contributed by atoms with E-state index in [-0.39, 0.29) is 0 Å². The van der Waals surface area contributed by atoms with Gasteiger partial charge in [0.05, 0.1) is 17.5 Å². The molecule has 2 aromatic heterocycles. The van der Waals surface area contributed by atoms with Crippen LogP contribution in [0.1, 0.15) is 6.92 Å². The van der Waals surface area contributed by atoms with Crippen LogP contribution in [0.25, 0.3) is 16.2 Å². The summed E-state index contributed by atoms with van der Waals surface area (Å²) in [5.41, 5.74) is 1.03. The first kappa shape index (κ1) is 17.2. The van der Waals surface area contributed by atoms with Crippen LogP contribution < -0.4 is 5.32 Å². The number of likely N-dealkylation sites (N-methyl/N-ethyl adjacent to an activating group) is 1. The Kier molecular flexibility index (Phi) is 4.78. The van der Waals surface area contributed by atoms with Crippen molar-refractivity contribution in [2.24, 2.45) is 0 Å². The highest BCUT2D eigenvalue weighted by atomic mass is 35.5. The van der Waals surface area contributed by atoms with Gasteiger partial charge in [0.1, 0.15) is 0 Å². The Morgan fingerprint density at radius 1 is 1.33 bits per heavy atom. The maximum absolute atomic E-state index is 10.3. The summed E-state index contributed by atoms with van der Waals surface area (Å²) in [6, 6.07) is 7.56. The Morgan fingerprint density at radius 3 is 2.67 bits per heavy atom. The molecule has 24 heavy (non-hydrogen) atoms. The zero-order valence-electron chi connectivity index (χ0n) is 13.8. The molecule has 0 aliphatic heterocycles. The summed E-state index contributed by atoms with van der Waals surface area (Å²) in [4.78, 5) is 7.35. The van der Waals surface area contributed by atoms with Crippen molar-refractivity contribution >= 4 is 33.0 Å². The molecule has 2 heterocycles. The molecule has 0 bridgehead atoms. The number of benzene rings is 1. The van der Waals surface area contributed by atoms with Crippen LogP contribution in [-0.4, -0.2) is 57.4 Å². The number of aliphatic hydroxyl groups is 1. The SMILES string of the molecule is CN(C)CC(C)(O)CNc1nn2cc(-c3ccc(Cl)cc3)nc2s1. The van der Waals surface area contributed by atoms with Gasteiger partial charge < -0.3 is 15.3 Å². The van der Waals surface area contributed by atoms with Gasteiger partial charge in [0, 0.05) is 23.7 Å². The molecule has 3 aromatic rings. The van der Waals surface area contributed by atoms with Gasteiger partial charge in [-0.15, -0.1) is 5.10 Å². The smallest absolute Gasteiger partial charge is 0.214 e. The predicted molar refractivity (Wildman–Crippen MR) is 99.0 cm³/mol. The fourth-order valence-corrected chi connectivity index (χ4v) is 3.44. The fraction of sp³-hybridized carbons (Fsp3) is 0.375. The minimum Gasteiger partial charge on any atom is -0.387 e. The molecule has 0 fully saturated rings. The minimum absolute atomic E-state index is 0.423. The quantitative estimate of drug-likeness (QED) is 0.703. The van der Waals surface area contributed by atoms with Crippen molar-refractivity contribution in [3.05, 3.63) is 35.5 Å². The van der Waals surface area contributed by atoms with Crippen LogP contribution in [0.2, 0.25) is 5.02 Å². The summed E-state index contributed by atoms with van der Waals surface area (Å²) in [6.07, 6.45) is 1.89. The minimum atomic E-state index is -0.828. The lowest BCUT2D eigenvalue weighted by Gasteiger charge is -2.26. The number of rotatable bonds is 6. The molecule has 0 spiro atoms. The average Bonchev–Trinajstić information content (AvgIpc) is 3.03. The molecule has 3 rings (SSSR count). The number of hydrogen-bond acceptors (Lipinski definition) is 6. The molecule has 0 aliphatic carbocycles. The topological polar surface area (TPSA) is 65.7 Å². The summed E-state index contributed by atoms with van der Waals surface area (Å²) in [5.74, 6) is 0. The van der Waals surface area contributed by atoms with E-state index in [1.54, 1.807) is 11.4 Å². The van der Waals surface area contributed by atoms with Crippen molar-refractivity contribution in [1.29, 1.82) is 0 Å². The third-order valence-corrected chi connectivity index (χ3v) is 4.59. The van der Waals surface area contributed by atoms with Crippen LogP contribution in [0.4, 0.5) is 5.13 Å². The molecule has 8 heteroatoms. The normalized spacial score (nSPS) is 14.2. The summed E-state index contributed by atoms with van der Waals surface area (Å²) in [5, 5.41) is 19.4. The standard InChI is InChI=1S/C16H20ClN5OS/c1-16(23,10-21(2)3)9-18-14-20-22-8-13(19-15(22)24-14)11-4-6-12(17)7-5-11/h4-8,23H,9-10H2,1-3H3,(H,18,20). The molecular weight excluding hydrogens is 346 g/mol. The van der Waals surface area contributed by atoms with Crippen LogP contribution in [0, 0.1) is 0 Å². The Balaban J connectivity index is 1.72. The number of nitrogens with one attached hydrogen (secondary N) is 1. The van der Waals surface area contributed by atoms with Gasteiger partial charge in [-0.2, -0.15) is 0 Å². The van der Waals surface area contributed by atoms with Gasteiger partial charge >= 0.3 is 0 Å². The Bertz CT molecular complexity index is 793. The number of nitrogens with zero attached hydrogens (tertiary/aromatic N) is 4. The number of anilines is 1. The highest BCUT2D eigenvalue weighted by molar-refractivity contribution is 7.20. The highest BCUT2D eigenvalue weighted by Gasteiger charge is 2.22. The van der Waals surface area contributed by atoms with E-state index in [0.717, 1.165) is 21.3 Å². The van der Waals surface area contributed by atoms with Crippen molar-refractivity contribution in [2.75, 3.05) is 32.5 Å². The number of fused-ring (bicyclic) bond motifs is 1. The second-order valence-electron chi connectivity index (χ2n) is 6.36. The van der Waals surface area contributed by atoms with Gasteiger partial charge in [0.2, 0.25) is 10.1 Å². The van der Waals surface area contributed by atoms with E-state index in [0.29, 0.717) is 18.1 Å². The van der Waals surface area contributed by atoms with Crippen LogP contribution in [0.5, 0.6) is 0 Å². The number of aromatic nitrogens is 3. The molecular formula is C16H20ClN5OS.